The molecule has 0 aliphatic heterocycles. The van der Waals surface area contributed by atoms with E-state index >= 15 is 0 Å². The predicted octanol–water partition coefficient (Wildman–Crippen LogP) is 0.729. The van der Waals surface area contributed by atoms with E-state index in [0.29, 0.717) is 5.56 Å². The molecule has 0 radical (unpaired) electrons. The van der Waals surface area contributed by atoms with Crippen LogP contribution in [0.3, 0.4) is 0 Å². The molecule has 98 valence electrons. The SMILES string of the molecule is NC(=O)CCn1cc([N+](=O)[O-])c(-c2ccncc2)n1. The molecule has 0 aliphatic rings. The van der Waals surface area contributed by atoms with Gasteiger partial charge in [-0.3, -0.25) is 24.6 Å². The molecule has 0 unspecified atom stereocenters. The van der Waals surface area contributed by atoms with Crippen molar-refractivity contribution in [3.05, 3.63) is 40.8 Å². The van der Waals surface area contributed by atoms with Crippen LogP contribution in [-0.2, 0) is 11.3 Å². The Balaban J connectivity index is 2.36. The maximum absolute atomic E-state index is 11.0. The summed E-state index contributed by atoms with van der Waals surface area (Å²) in [7, 11) is 0. The van der Waals surface area contributed by atoms with Crippen molar-refractivity contribution in [1.82, 2.24) is 14.8 Å². The molecule has 0 saturated carbocycles. The normalized spacial score (nSPS) is 10.3. The zero-order valence-electron chi connectivity index (χ0n) is 9.89. The van der Waals surface area contributed by atoms with E-state index in [1.165, 1.54) is 23.3 Å². The van der Waals surface area contributed by atoms with E-state index in [9.17, 15) is 14.9 Å². The number of pyridine rings is 1. The molecule has 0 bridgehead atoms. The van der Waals surface area contributed by atoms with Crippen LogP contribution in [-0.4, -0.2) is 25.6 Å². The topological polar surface area (TPSA) is 117 Å². The van der Waals surface area contributed by atoms with Crippen molar-refractivity contribution in [3.63, 3.8) is 0 Å². The van der Waals surface area contributed by atoms with Gasteiger partial charge in [0.2, 0.25) is 5.91 Å². The predicted molar refractivity (Wildman–Crippen MR) is 65.9 cm³/mol. The van der Waals surface area contributed by atoms with Crippen LogP contribution in [0.25, 0.3) is 11.3 Å². The summed E-state index contributed by atoms with van der Waals surface area (Å²) in [5, 5.41) is 15.1. The second-order valence-electron chi connectivity index (χ2n) is 3.84. The molecule has 2 aromatic heterocycles. The molecule has 2 heterocycles. The lowest BCUT2D eigenvalue weighted by Crippen LogP contribution is -2.14. The second kappa shape index (κ2) is 5.25. The van der Waals surface area contributed by atoms with Crippen LogP contribution in [0.15, 0.2) is 30.7 Å². The van der Waals surface area contributed by atoms with Crippen LogP contribution in [0.4, 0.5) is 5.69 Å². The molecule has 0 spiro atoms. The van der Waals surface area contributed by atoms with E-state index in [-0.39, 0.29) is 24.3 Å². The van der Waals surface area contributed by atoms with Crippen molar-refractivity contribution >= 4 is 11.6 Å². The van der Waals surface area contributed by atoms with Gasteiger partial charge in [0.1, 0.15) is 6.20 Å². The van der Waals surface area contributed by atoms with Crippen LogP contribution >= 0.6 is 0 Å². The molecule has 8 nitrogen and oxygen atoms in total. The Kier molecular flexibility index (Phi) is 3.51. The smallest absolute Gasteiger partial charge is 0.314 e. The Hall–Kier alpha value is -2.77. The lowest BCUT2D eigenvalue weighted by molar-refractivity contribution is -0.384. The Bertz CT molecular complexity index is 608. The van der Waals surface area contributed by atoms with E-state index in [1.54, 1.807) is 12.1 Å². The van der Waals surface area contributed by atoms with Gasteiger partial charge in [-0.2, -0.15) is 5.10 Å². The number of aromatic nitrogens is 3. The summed E-state index contributed by atoms with van der Waals surface area (Å²) in [6.07, 6.45) is 4.43. The van der Waals surface area contributed by atoms with Gasteiger partial charge in [0.25, 0.3) is 0 Å². The van der Waals surface area contributed by atoms with E-state index in [2.05, 4.69) is 10.1 Å². The van der Waals surface area contributed by atoms with Crippen molar-refractivity contribution in [3.8, 4) is 11.3 Å². The minimum absolute atomic E-state index is 0.0780. The molecule has 2 N–H and O–H groups in total. The van der Waals surface area contributed by atoms with Gasteiger partial charge in [0.05, 0.1) is 4.92 Å². The van der Waals surface area contributed by atoms with Crippen LogP contribution in [0.1, 0.15) is 6.42 Å². The molecule has 0 aromatic carbocycles. The number of aryl methyl sites for hydroxylation is 1. The minimum Gasteiger partial charge on any atom is -0.370 e. The number of rotatable bonds is 5. The van der Waals surface area contributed by atoms with Crippen molar-refractivity contribution in [2.24, 2.45) is 5.73 Å². The zero-order valence-corrected chi connectivity index (χ0v) is 9.89. The first-order valence-electron chi connectivity index (χ1n) is 5.48. The summed E-state index contributed by atoms with van der Waals surface area (Å²) in [5.41, 5.74) is 5.76. The van der Waals surface area contributed by atoms with Crippen molar-refractivity contribution in [2.75, 3.05) is 0 Å². The first kappa shape index (κ1) is 12.7. The highest BCUT2D eigenvalue weighted by atomic mass is 16.6. The summed E-state index contributed by atoms with van der Waals surface area (Å²) in [6.45, 7) is 0.210. The standard InChI is InChI=1S/C11H11N5O3/c12-10(17)3-6-15-7-9(16(18)19)11(14-15)8-1-4-13-5-2-8/h1-2,4-5,7H,3,6H2,(H2,12,17). The third-order valence-corrected chi connectivity index (χ3v) is 2.48. The Morgan fingerprint density at radius 3 is 2.68 bits per heavy atom. The molecule has 0 saturated heterocycles. The molecule has 0 fully saturated rings. The summed E-state index contributed by atoms with van der Waals surface area (Å²) in [6, 6.07) is 3.27. The Morgan fingerprint density at radius 2 is 2.11 bits per heavy atom. The molecular formula is C11H11N5O3. The van der Waals surface area contributed by atoms with Gasteiger partial charge in [0, 0.05) is 30.9 Å². The van der Waals surface area contributed by atoms with Gasteiger partial charge in [-0.1, -0.05) is 0 Å². The highest BCUT2D eigenvalue weighted by Crippen LogP contribution is 2.27. The van der Waals surface area contributed by atoms with Crippen LogP contribution in [0, 0.1) is 10.1 Å². The lowest BCUT2D eigenvalue weighted by Gasteiger charge is -1.97. The Morgan fingerprint density at radius 1 is 1.42 bits per heavy atom. The van der Waals surface area contributed by atoms with Crippen LogP contribution in [0.2, 0.25) is 0 Å². The van der Waals surface area contributed by atoms with Gasteiger partial charge >= 0.3 is 5.69 Å². The number of hydrogen-bond donors (Lipinski definition) is 1. The van der Waals surface area contributed by atoms with E-state index in [4.69, 9.17) is 5.73 Å². The number of hydrogen-bond acceptors (Lipinski definition) is 5. The third-order valence-electron chi connectivity index (χ3n) is 2.48. The van der Waals surface area contributed by atoms with Gasteiger partial charge < -0.3 is 5.73 Å². The van der Waals surface area contributed by atoms with Crippen LogP contribution < -0.4 is 5.73 Å². The van der Waals surface area contributed by atoms with E-state index in [1.807, 2.05) is 0 Å². The molecule has 0 aliphatic carbocycles. The zero-order chi connectivity index (χ0) is 13.8. The summed E-state index contributed by atoms with van der Waals surface area (Å²) in [4.78, 5) is 25.0. The maximum Gasteiger partial charge on any atom is 0.314 e. The molecular weight excluding hydrogens is 250 g/mol. The molecule has 8 heteroatoms. The lowest BCUT2D eigenvalue weighted by atomic mass is 10.2. The number of carbonyl (C=O) groups is 1. The van der Waals surface area contributed by atoms with Gasteiger partial charge in [-0.25, -0.2) is 0 Å². The van der Waals surface area contributed by atoms with Gasteiger partial charge in [-0.05, 0) is 12.1 Å². The molecule has 2 aromatic rings. The molecule has 19 heavy (non-hydrogen) atoms. The first-order chi connectivity index (χ1) is 9.08. The number of amides is 1. The number of nitro groups is 1. The summed E-state index contributed by atoms with van der Waals surface area (Å²) < 4.78 is 1.35. The monoisotopic (exact) mass is 261 g/mol. The first-order valence-corrected chi connectivity index (χ1v) is 5.48. The second-order valence-corrected chi connectivity index (χ2v) is 3.84. The fourth-order valence-electron chi connectivity index (χ4n) is 1.60. The van der Waals surface area contributed by atoms with E-state index in [0.717, 1.165) is 0 Å². The number of nitrogens with zero attached hydrogens (tertiary/aromatic N) is 4. The molecule has 2 rings (SSSR count). The number of primary amides is 1. The quantitative estimate of drug-likeness (QED) is 0.628. The van der Waals surface area contributed by atoms with Crippen molar-refractivity contribution in [2.45, 2.75) is 13.0 Å². The average Bonchev–Trinajstić information content (AvgIpc) is 2.82. The number of carbonyl (C=O) groups excluding carboxylic acids is 1. The maximum atomic E-state index is 11.0. The van der Waals surface area contributed by atoms with Gasteiger partial charge in [-0.15, -0.1) is 0 Å². The van der Waals surface area contributed by atoms with Crippen LogP contribution in [0.5, 0.6) is 0 Å². The largest absolute Gasteiger partial charge is 0.370 e. The number of nitrogens with two attached hydrogens (primary N) is 1. The fraction of sp³-hybridized carbons (Fsp3) is 0.182. The highest BCUT2D eigenvalue weighted by Gasteiger charge is 2.20. The summed E-state index contributed by atoms with van der Waals surface area (Å²) in [5.74, 6) is -0.483. The van der Waals surface area contributed by atoms with Gasteiger partial charge in [0.15, 0.2) is 5.69 Å². The van der Waals surface area contributed by atoms with Crippen molar-refractivity contribution < 1.29 is 9.72 Å². The average molecular weight is 261 g/mol. The van der Waals surface area contributed by atoms with Crippen molar-refractivity contribution in [1.29, 1.82) is 0 Å². The molecule has 1 amide bonds. The minimum atomic E-state index is -0.510. The van der Waals surface area contributed by atoms with E-state index < -0.39 is 10.8 Å². The fourth-order valence-corrected chi connectivity index (χ4v) is 1.60. The third kappa shape index (κ3) is 2.92. The summed E-state index contributed by atoms with van der Waals surface area (Å²) >= 11 is 0. The Labute approximate surface area is 108 Å². The highest BCUT2D eigenvalue weighted by molar-refractivity contribution is 5.73. The molecule has 0 atom stereocenters.